The van der Waals surface area contributed by atoms with Crippen LogP contribution in [0.3, 0.4) is 0 Å². The number of nitrogens with one attached hydrogen (secondary N) is 1. The van der Waals surface area contributed by atoms with E-state index >= 15 is 0 Å². The molecule has 0 radical (unpaired) electrons. The predicted octanol–water partition coefficient (Wildman–Crippen LogP) is 3.78. The summed E-state index contributed by atoms with van der Waals surface area (Å²) in [6, 6.07) is 18.4. The first-order valence-electron chi connectivity index (χ1n) is 9.36. The molecule has 2 aromatic carbocycles. The lowest BCUT2D eigenvalue weighted by Gasteiger charge is -2.32. The number of hydrogen-bond donors (Lipinski definition) is 1. The first-order chi connectivity index (χ1) is 12.7. The lowest BCUT2D eigenvalue weighted by Crippen LogP contribution is -2.40. The molecule has 2 aromatic rings. The van der Waals surface area contributed by atoms with E-state index in [9.17, 15) is 4.79 Å². The van der Waals surface area contributed by atoms with Gasteiger partial charge in [0.15, 0.2) is 0 Å². The quantitative estimate of drug-likeness (QED) is 0.860. The molecular weight excluding hydrogens is 324 g/mol. The Morgan fingerprint density at radius 1 is 1.12 bits per heavy atom. The maximum atomic E-state index is 12.6. The minimum Gasteiger partial charge on any atom is -0.497 e. The van der Waals surface area contributed by atoms with Crippen LogP contribution in [-0.4, -0.2) is 31.0 Å². The van der Waals surface area contributed by atoms with Crippen molar-refractivity contribution in [2.45, 2.75) is 32.4 Å². The first-order valence-corrected chi connectivity index (χ1v) is 9.36. The van der Waals surface area contributed by atoms with Crippen LogP contribution in [0.1, 0.15) is 36.9 Å². The summed E-state index contributed by atoms with van der Waals surface area (Å²) >= 11 is 0. The number of likely N-dealkylation sites (tertiary alicyclic amines) is 1. The van der Waals surface area contributed by atoms with Crippen LogP contribution in [0, 0.1) is 5.92 Å². The van der Waals surface area contributed by atoms with Crippen molar-refractivity contribution in [1.29, 1.82) is 0 Å². The summed E-state index contributed by atoms with van der Waals surface area (Å²) in [6.07, 6.45) is 1.85. The minimum absolute atomic E-state index is 0.00996. The topological polar surface area (TPSA) is 41.6 Å². The van der Waals surface area contributed by atoms with Crippen molar-refractivity contribution in [3.05, 3.63) is 65.7 Å². The number of hydrogen-bond acceptors (Lipinski definition) is 3. The smallest absolute Gasteiger partial charge is 0.223 e. The largest absolute Gasteiger partial charge is 0.497 e. The van der Waals surface area contributed by atoms with E-state index in [1.165, 1.54) is 5.56 Å². The fourth-order valence-corrected chi connectivity index (χ4v) is 3.50. The Bertz CT molecular complexity index is 692. The minimum atomic E-state index is 0.00996. The summed E-state index contributed by atoms with van der Waals surface area (Å²) in [7, 11) is 1.66. The van der Waals surface area contributed by atoms with E-state index in [0.29, 0.717) is 0 Å². The Morgan fingerprint density at radius 3 is 2.38 bits per heavy atom. The molecule has 1 heterocycles. The second-order valence-corrected chi connectivity index (χ2v) is 7.04. The van der Waals surface area contributed by atoms with Gasteiger partial charge < -0.3 is 10.1 Å². The molecule has 3 rings (SSSR count). The van der Waals surface area contributed by atoms with Gasteiger partial charge >= 0.3 is 0 Å². The van der Waals surface area contributed by atoms with Crippen molar-refractivity contribution >= 4 is 5.91 Å². The highest BCUT2D eigenvalue weighted by Crippen LogP contribution is 2.22. The van der Waals surface area contributed by atoms with Gasteiger partial charge in [0.2, 0.25) is 5.91 Å². The van der Waals surface area contributed by atoms with E-state index < -0.39 is 0 Å². The average molecular weight is 352 g/mol. The molecule has 1 atom stereocenters. The Hall–Kier alpha value is -2.33. The number of piperidine rings is 1. The van der Waals surface area contributed by atoms with Crippen molar-refractivity contribution in [2.24, 2.45) is 5.92 Å². The summed E-state index contributed by atoms with van der Waals surface area (Å²) in [5, 5.41) is 3.17. The molecule has 0 aromatic heterocycles. The average Bonchev–Trinajstić information content (AvgIpc) is 2.69. The number of rotatable bonds is 6. The molecular formula is C22H28N2O2. The SMILES string of the molecule is COc1ccc([C@@H](C)NC(=O)C2CCN(Cc3ccccc3)CC2)cc1. The van der Waals surface area contributed by atoms with Crippen LogP contribution < -0.4 is 10.1 Å². The molecule has 0 unspecified atom stereocenters. The Labute approximate surface area is 156 Å². The van der Waals surface area contributed by atoms with Gasteiger partial charge in [0.05, 0.1) is 13.2 Å². The molecule has 1 aliphatic heterocycles. The summed E-state index contributed by atoms with van der Waals surface area (Å²) in [6.45, 7) is 4.95. The molecule has 1 fully saturated rings. The van der Waals surface area contributed by atoms with Crippen LogP contribution in [0.15, 0.2) is 54.6 Å². The number of ether oxygens (including phenoxy) is 1. The number of carbonyl (C=O) groups excluding carboxylic acids is 1. The van der Waals surface area contributed by atoms with Gasteiger partial charge in [0.1, 0.15) is 5.75 Å². The van der Waals surface area contributed by atoms with Crippen molar-refractivity contribution in [3.8, 4) is 5.75 Å². The molecule has 0 bridgehead atoms. The van der Waals surface area contributed by atoms with Crippen LogP contribution >= 0.6 is 0 Å². The third-order valence-corrected chi connectivity index (χ3v) is 5.18. The molecule has 1 aliphatic rings. The third kappa shape index (κ3) is 4.85. The normalized spacial score (nSPS) is 16.8. The van der Waals surface area contributed by atoms with Crippen LogP contribution in [0.2, 0.25) is 0 Å². The fraction of sp³-hybridized carbons (Fsp3) is 0.409. The zero-order chi connectivity index (χ0) is 18.4. The molecule has 0 saturated carbocycles. The van der Waals surface area contributed by atoms with Gasteiger partial charge in [0, 0.05) is 12.5 Å². The lowest BCUT2D eigenvalue weighted by molar-refractivity contribution is -0.127. The van der Waals surface area contributed by atoms with Crippen molar-refractivity contribution in [1.82, 2.24) is 10.2 Å². The summed E-state index contributed by atoms with van der Waals surface area (Å²) in [5.41, 5.74) is 2.43. The van der Waals surface area contributed by atoms with Crippen LogP contribution in [-0.2, 0) is 11.3 Å². The van der Waals surface area contributed by atoms with Gasteiger partial charge in [-0.1, -0.05) is 42.5 Å². The van der Waals surface area contributed by atoms with Gasteiger partial charge in [0.25, 0.3) is 0 Å². The number of methoxy groups -OCH3 is 1. The van der Waals surface area contributed by atoms with Gasteiger partial charge in [-0.05, 0) is 56.1 Å². The molecule has 1 N–H and O–H groups in total. The molecule has 4 heteroatoms. The molecule has 4 nitrogen and oxygen atoms in total. The van der Waals surface area contributed by atoms with Gasteiger partial charge in [-0.15, -0.1) is 0 Å². The maximum Gasteiger partial charge on any atom is 0.223 e. The molecule has 0 aliphatic carbocycles. The van der Waals surface area contributed by atoms with Crippen LogP contribution in [0.5, 0.6) is 5.75 Å². The second-order valence-electron chi connectivity index (χ2n) is 7.04. The number of nitrogens with zero attached hydrogens (tertiary/aromatic N) is 1. The zero-order valence-electron chi connectivity index (χ0n) is 15.7. The highest BCUT2D eigenvalue weighted by atomic mass is 16.5. The highest BCUT2D eigenvalue weighted by molar-refractivity contribution is 5.79. The highest BCUT2D eigenvalue weighted by Gasteiger charge is 2.25. The standard InChI is InChI=1S/C22H28N2O2/c1-17(19-8-10-21(26-2)11-9-19)23-22(25)20-12-14-24(15-13-20)16-18-6-4-3-5-7-18/h3-11,17,20H,12-16H2,1-2H3,(H,23,25)/t17-/m1/s1. The van der Waals surface area contributed by atoms with E-state index in [1.807, 2.05) is 37.3 Å². The maximum absolute atomic E-state index is 12.6. The molecule has 138 valence electrons. The molecule has 26 heavy (non-hydrogen) atoms. The fourth-order valence-electron chi connectivity index (χ4n) is 3.50. The Balaban J connectivity index is 1.47. The van der Waals surface area contributed by atoms with E-state index in [1.54, 1.807) is 7.11 Å². The summed E-state index contributed by atoms with van der Waals surface area (Å²) < 4.78 is 5.19. The molecule has 1 saturated heterocycles. The molecule has 1 amide bonds. The van der Waals surface area contributed by atoms with E-state index in [2.05, 4.69) is 34.5 Å². The van der Waals surface area contributed by atoms with Crippen LogP contribution in [0.4, 0.5) is 0 Å². The lowest BCUT2D eigenvalue weighted by atomic mass is 9.95. The number of benzene rings is 2. The van der Waals surface area contributed by atoms with Crippen LogP contribution in [0.25, 0.3) is 0 Å². The van der Waals surface area contributed by atoms with E-state index in [4.69, 9.17) is 4.74 Å². The van der Waals surface area contributed by atoms with Crippen molar-refractivity contribution < 1.29 is 9.53 Å². The Morgan fingerprint density at radius 2 is 1.77 bits per heavy atom. The second kappa shape index (κ2) is 8.86. The first kappa shape index (κ1) is 18.5. The number of amides is 1. The van der Waals surface area contributed by atoms with Crippen molar-refractivity contribution in [3.63, 3.8) is 0 Å². The van der Waals surface area contributed by atoms with Crippen molar-refractivity contribution in [2.75, 3.05) is 20.2 Å². The molecule has 0 spiro atoms. The van der Waals surface area contributed by atoms with E-state index in [0.717, 1.165) is 43.8 Å². The third-order valence-electron chi connectivity index (χ3n) is 5.18. The Kier molecular flexibility index (Phi) is 6.29. The predicted molar refractivity (Wildman–Crippen MR) is 104 cm³/mol. The monoisotopic (exact) mass is 352 g/mol. The number of carbonyl (C=O) groups is 1. The summed E-state index contributed by atoms with van der Waals surface area (Å²) in [4.78, 5) is 15.1. The van der Waals surface area contributed by atoms with Gasteiger partial charge in [-0.3, -0.25) is 9.69 Å². The van der Waals surface area contributed by atoms with Gasteiger partial charge in [-0.25, -0.2) is 0 Å². The zero-order valence-corrected chi connectivity index (χ0v) is 15.7. The summed E-state index contributed by atoms with van der Waals surface area (Å²) in [5.74, 6) is 1.12. The van der Waals surface area contributed by atoms with Gasteiger partial charge in [-0.2, -0.15) is 0 Å². The van der Waals surface area contributed by atoms with E-state index in [-0.39, 0.29) is 17.9 Å².